The number of hydrogen-bond acceptors (Lipinski definition) is 0. The van der Waals surface area contributed by atoms with Crippen LogP contribution in [-0.4, -0.2) is 11.5 Å². The quantitative estimate of drug-likeness (QED) is 0.491. The Morgan fingerprint density at radius 2 is 2.00 bits per heavy atom. The maximum atomic E-state index is 2.19. The second kappa shape index (κ2) is 2.01. The van der Waals surface area contributed by atoms with Crippen LogP contribution in [0.5, 0.6) is 0 Å². The van der Waals surface area contributed by atoms with Gasteiger partial charge in [-0.1, -0.05) is 0 Å². The fraction of sp³-hybridized carbons (Fsp3) is 0.571. The Hall–Kier alpha value is -0.525. The van der Waals surface area contributed by atoms with Gasteiger partial charge in [0.15, 0.2) is 0 Å². The Balaban J connectivity index is 2.90. The standard InChI is InChI=1S/C7H12BN/c1-7(2,3)9-6-4-5-8-9/h4-6H,1-3H3. The first-order chi connectivity index (χ1) is 4.11. The van der Waals surface area contributed by atoms with E-state index in [1.165, 1.54) is 0 Å². The van der Waals surface area contributed by atoms with Crippen molar-refractivity contribution in [2.45, 2.75) is 26.3 Å². The second-order valence-corrected chi connectivity index (χ2v) is 3.26. The molecule has 0 bridgehead atoms. The zero-order chi connectivity index (χ0) is 6.91. The van der Waals surface area contributed by atoms with Gasteiger partial charge in [0.05, 0.1) is 0 Å². The van der Waals surface area contributed by atoms with Gasteiger partial charge < -0.3 is 0 Å². The molecule has 0 aliphatic heterocycles. The van der Waals surface area contributed by atoms with Gasteiger partial charge in [-0.3, -0.25) is 0 Å². The summed E-state index contributed by atoms with van der Waals surface area (Å²) in [6, 6.07) is 2.05. The molecular weight excluding hydrogens is 109 g/mol. The number of rotatable bonds is 0. The predicted molar refractivity (Wildman–Crippen MR) is 40.8 cm³/mol. The van der Waals surface area contributed by atoms with E-state index in [-0.39, 0.29) is 5.54 Å². The van der Waals surface area contributed by atoms with E-state index in [1.54, 1.807) is 0 Å². The van der Waals surface area contributed by atoms with Crippen LogP contribution in [0.2, 0.25) is 0 Å². The van der Waals surface area contributed by atoms with Crippen LogP contribution < -0.4 is 0 Å². The normalized spacial score (nSPS) is 11.4. The molecule has 0 fully saturated rings. The topological polar surface area (TPSA) is 4.93 Å². The Morgan fingerprint density at radius 1 is 1.33 bits per heavy atom. The monoisotopic (exact) mass is 121 g/mol. The van der Waals surface area contributed by atoms with Gasteiger partial charge in [0, 0.05) is 0 Å². The van der Waals surface area contributed by atoms with E-state index in [9.17, 15) is 0 Å². The first kappa shape index (κ1) is 6.59. The van der Waals surface area contributed by atoms with Crippen molar-refractivity contribution in [3.8, 4) is 0 Å². The third-order valence-corrected chi connectivity index (χ3v) is 1.38. The minimum atomic E-state index is 0.240. The average Bonchev–Trinajstić information content (AvgIpc) is 2.08. The zero-order valence-electron chi connectivity index (χ0n) is 6.26. The summed E-state index contributed by atoms with van der Waals surface area (Å²) in [6.07, 6.45) is 2.08. The van der Waals surface area contributed by atoms with Gasteiger partial charge in [-0.2, -0.15) is 0 Å². The van der Waals surface area contributed by atoms with Crippen LogP contribution in [-0.2, 0) is 5.54 Å². The molecule has 0 spiro atoms. The van der Waals surface area contributed by atoms with E-state index >= 15 is 0 Å². The molecule has 1 heterocycles. The summed E-state index contributed by atoms with van der Waals surface area (Å²) >= 11 is 0. The Labute approximate surface area is 56.9 Å². The molecule has 0 saturated carbocycles. The van der Waals surface area contributed by atoms with Crippen molar-refractivity contribution in [2.24, 2.45) is 0 Å². The van der Waals surface area contributed by atoms with E-state index in [4.69, 9.17) is 0 Å². The first-order valence-electron chi connectivity index (χ1n) is 3.24. The maximum absolute atomic E-state index is 2.19. The third kappa shape index (κ3) is 1.44. The van der Waals surface area contributed by atoms with Gasteiger partial charge in [0.1, 0.15) is 0 Å². The molecule has 0 aliphatic rings. The van der Waals surface area contributed by atoms with Crippen molar-refractivity contribution >= 4 is 7.05 Å². The molecule has 0 N–H and O–H groups in total. The summed E-state index contributed by atoms with van der Waals surface area (Å²) in [4.78, 5) is 0. The van der Waals surface area contributed by atoms with E-state index in [2.05, 4.69) is 38.5 Å². The fourth-order valence-electron chi connectivity index (χ4n) is 0.782. The Morgan fingerprint density at radius 3 is 2.22 bits per heavy atom. The van der Waals surface area contributed by atoms with Crippen LogP contribution in [0.4, 0.5) is 0 Å². The molecule has 1 rings (SSSR count). The fourth-order valence-corrected chi connectivity index (χ4v) is 0.782. The second-order valence-electron chi connectivity index (χ2n) is 3.26. The molecule has 0 aliphatic carbocycles. The molecule has 0 unspecified atom stereocenters. The van der Waals surface area contributed by atoms with Crippen LogP contribution in [0.15, 0.2) is 18.2 Å². The van der Waals surface area contributed by atoms with Gasteiger partial charge in [-0.25, -0.2) is 0 Å². The predicted octanol–water partition coefficient (Wildman–Crippen LogP) is 1.58. The molecule has 0 amide bonds. The molecule has 0 atom stereocenters. The number of hydrogen-bond donors (Lipinski definition) is 0. The third-order valence-electron chi connectivity index (χ3n) is 1.38. The number of nitrogens with zero attached hydrogens (tertiary/aromatic N) is 1. The van der Waals surface area contributed by atoms with Crippen LogP contribution >= 0.6 is 0 Å². The van der Waals surface area contributed by atoms with Crippen molar-refractivity contribution in [1.29, 1.82) is 0 Å². The van der Waals surface area contributed by atoms with Gasteiger partial charge in [-0.05, 0) is 0 Å². The summed E-state index contributed by atoms with van der Waals surface area (Å²) in [5.74, 6) is 2.05. The van der Waals surface area contributed by atoms with Gasteiger partial charge in [0.25, 0.3) is 0 Å². The van der Waals surface area contributed by atoms with Gasteiger partial charge >= 0.3 is 56.1 Å². The first-order valence-corrected chi connectivity index (χ1v) is 3.24. The Bertz CT molecular complexity index is 171. The van der Waals surface area contributed by atoms with Crippen LogP contribution in [0.1, 0.15) is 20.8 Å². The average molecular weight is 121 g/mol. The van der Waals surface area contributed by atoms with E-state index in [0.717, 1.165) is 0 Å². The van der Waals surface area contributed by atoms with Crippen molar-refractivity contribution in [2.75, 3.05) is 0 Å². The minimum absolute atomic E-state index is 0.240. The van der Waals surface area contributed by atoms with Crippen molar-refractivity contribution < 1.29 is 0 Å². The van der Waals surface area contributed by atoms with Crippen LogP contribution in [0, 0.1) is 0 Å². The summed E-state index contributed by atoms with van der Waals surface area (Å²) < 4.78 is 2.19. The summed E-state index contributed by atoms with van der Waals surface area (Å²) in [7, 11) is 2.08. The number of aromatic nitrogens is 1. The van der Waals surface area contributed by atoms with E-state index in [1.807, 2.05) is 12.0 Å². The molecule has 0 saturated heterocycles. The molecule has 1 nitrogen and oxygen atoms in total. The van der Waals surface area contributed by atoms with E-state index in [0.29, 0.717) is 0 Å². The summed E-state index contributed by atoms with van der Waals surface area (Å²) in [5, 5.41) is 0. The Kier molecular flexibility index (Phi) is 1.48. The van der Waals surface area contributed by atoms with E-state index < -0.39 is 0 Å². The molecule has 0 aromatic carbocycles. The molecule has 48 valence electrons. The SMILES string of the molecule is CC(C)(C)n1bccc1. The molecular formula is C7H12BN. The van der Waals surface area contributed by atoms with Crippen LogP contribution in [0.25, 0.3) is 0 Å². The van der Waals surface area contributed by atoms with Crippen molar-refractivity contribution in [1.82, 2.24) is 4.47 Å². The van der Waals surface area contributed by atoms with Gasteiger partial charge in [0.2, 0.25) is 0 Å². The molecule has 2 heteroatoms. The van der Waals surface area contributed by atoms with Gasteiger partial charge in [-0.15, -0.1) is 0 Å². The zero-order valence-corrected chi connectivity index (χ0v) is 6.26. The summed E-state index contributed by atoms with van der Waals surface area (Å²) in [5.41, 5.74) is 0.240. The molecule has 1 aromatic heterocycles. The molecule has 1 aromatic rings. The summed E-state index contributed by atoms with van der Waals surface area (Å²) in [6.45, 7) is 6.56. The van der Waals surface area contributed by atoms with Crippen LogP contribution in [0.3, 0.4) is 0 Å². The molecule has 9 heavy (non-hydrogen) atoms. The van der Waals surface area contributed by atoms with Crippen molar-refractivity contribution in [3.63, 3.8) is 0 Å². The van der Waals surface area contributed by atoms with Crippen molar-refractivity contribution in [3.05, 3.63) is 18.2 Å². The molecule has 0 radical (unpaired) electrons.